The molecular weight excluding hydrogens is 918 g/mol. The number of hydrogen-bond donors (Lipinski definition) is 0. The average molecular weight is 948 g/mol. The van der Waals surface area contributed by atoms with Crippen LogP contribution in [0.25, 0.3) is 0 Å². The van der Waals surface area contributed by atoms with Gasteiger partial charge < -0.3 is 0 Å². The van der Waals surface area contributed by atoms with Gasteiger partial charge in [-0.2, -0.15) is 0 Å². The van der Waals surface area contributed by atoms with Gasteiger partial charge in [-0.25, -0.2) is 0 Å². The Morgan fingerprint density at radius 3 is 0.767 bits per heavy atom. The molecule has 0 aliphatic rings. The van der Waals surface area contributed by atoms with Crippen molar-refractivity contribution in [3.8, 4) is 0 Å². The molecule has 0 radical (unpaired) electrons. The van der Waals surface area contributed by atoms with Crippen LogP contribution < -0.4 is 23.7 Å². The van der Waals surface area contributed by atoms with E-state index in [0.717, 1.165) is 0 Å². The van der Waals surface area contributed by atoms with Crippen molar-refractivity contribution >= 4 is 97.2 Å². The first-order chi connectivity index (χ1) is 21.0. The van der Waals surface area contributed by atoms with E-state index in [1.807, 2.05) is 0 Å². The third-order valence-corrected chi connectivity index (χ3v) is 152. The summed E-state index contributed by atoms with van der Waals surface area (Å²) in [6.07, 6.45) is 0. The predicted octanol–water partition coefficient (Wildman–Crippen LogP) is 6.62. The molecule has 0 nitrogen and oxygen atoms in total. The first kappa shape index (κ1) is 31.5. The van der Waals surface area contributed by atoms with E-state index in [2.05, 4.69) is 195 Å². The molecule has 0 aliphatic carbocycles. The summed E-state index contributed by atoms with van der Waals surface area (Å²) in [5, 5.41) is 0. The SMILES string of the molecule is S=[As]([S][Pb]([S][As](=S)(c1ccccc1)c1ccccc1)([c]1ccccc1)[c]1ccccc1)(c1ccccc1)c1ccccc1. The second-order valence-corrected chi connectivity index (χ2v) is 79.8. The van der Waals surface area contributed by atoms with Gasteiger partial charge in [-0.15, -0.1) is 0 Å². The Labute approximate surface area is 275 Å². The van der Waals surface area contributed by atoms with E-state index in [-0.39, 0.29) is 0 Å². The third-order valence-electron chi connectivity index (χ3n) is 7.21. The standard InChI is InChI=1S/2C12H11AsS2.2C6H5.Pb/c2*14-13(15,11-7-3-1-4-8-11)12-9-5-2-6-10-12;2*1-2-4-6-5-3-1;/h2*1-10H,(H,14,15);2*1-5H;/q;;;;+2/p-2. The Morgan fingerprint density at radius 1 is 0.326 bits per heavy atom. The summed E-state index contributed by atoms with van der Waals surface area (Å²) in [4.78, 5) is 0. The van der Waals surface area contributed by atoms with Crippen molar-refractivity contribution in [1.82, 2.24) is 0 Å². The monoisotopic (exact) mass is 948 g/mol. The van der Waals surface area contributed by atoms with Crippen molar-refractivity contribution in [1.29, 1.82) is 0 Å². The molecule has 0 amide bonds. The fourth-order valence-electron chi connectivity index (χ4n) is 5.08. The van der Waals surface area contributed by atoms with Crippen LogP contribution >= 0.6 is 33.9 Å². The summed E-state index contributed by atoms with van der Waals surface area (Å²) in [5.74, 6) is 0. The van der Waals surface area contributed by atoms with Gasteiger partial charge in [0.25, 0.3) is 0 Å². The zero-order chi connectivity index (χ0) is 29.6. The van der Waals surface area contributed by atoms with E-state index in [0.29, 0.717) is 0 Å². The average Bonchev–Trinajstić information content (AvgIpc) is 3.10. The van der Waals surface area contributed by atoms with Crippen molar-refractivity contribution in [3.63, 3.8) is 0 Å². The molecule has 0 heterocycles. The number of rotatable bonds is 10. The zero-order valence-electron chi connectivity index (χ0n) is 23.3. The minimum atomic E-state index is -4.10. The molecule has 0 N–H and O–H groups in total. The topological polar surface area (TPSA) is 0 Å². The Morgan fingerprint density at radius 2 is 0.535 bits per heavy atom. The third kappa shape index (κ3) is 6.72. The van der Waals surface area contributed by atoms with Gasteiger partial charge in [-0.1, -0.05) is 0 Å². The van der Waals surface area contributed by atoms with Crippen molar-refractivity contribution < 1.29 is 0 Å². The van der Waals surface area contributed by atoms with Crippen LogP contribution in [0.15, 0.2) is 182 Å². The molecule has 0 aromatic heterocycles. The first-order valence-corrected chi connectivity index (χ1v) is 42.6. The van der Waals surface area contributed by atoms with Crippen LogP contribution in [0.3, 0.4) is 0 Å². The second-order valence-electron chi connectivity index (χ2n) is 9.98. The van der Waals surface area contributed by atoms with Gasteiger partial charge in [0, 0.05) is 0 Å². The first-order valence-electron chi connectivity index (χ1n) is 14.0. The summed E-state index contributed by atoms with van der Waals surface area (Å²) in [5.41, 5.74) is 0. The van der Waals surface area contributed by atoms with Crippen LogP contribution in [0, 0.1) is 0 Å². The van der Waals surface area contributed by atoms with E-state index in [4.69, 9.17) is 20.8 Å². The van der Waals surface area contributed by atoms with Crippen LogP contribution in [0.2, 0.25) is 0 Å². The van der Waals surface area contributed by atoms with Gasteiger partial charge in [0.15, 0.2) is 0 Å². The maximum atomic E-state index is 7.07. The van der Waals surface area contributed by atoms with Crippen LogP contribution in [0.1, 0.15) is 0 Å². The van der Waals surface area contributed by atoms with E-state index in [9.17, 15) is 0 Å². The summed E-state index contributed by atoms with van der Waals surface area (Å²) in [6.45, 7) is 4.43. The molecule has 6 rings (SSSR count). The van der Waals surface area contributed by atoms with Crippen LogP contribution in [-0.4, -0.2) is 39.6 Å². The molecule has 6 aromatic rings. The summed E-state index contributed by atoms with van der Waals surface area (Å²) in [7, 11) is 7.67. The van der Waals surface area contributed by atoms with E-state index in [1.54, 1.807) is 0 Å². The van der Waals surface area contributed by atoms with Gasteiger partial charge in [0.1, 0.15) is 0 Å². The molecule has 0 atom stereocenters. The molecule has 0 bridgehead atoms. The van der Waals surface area contributed by atoms with Crippen molar-refractivity contribution in [2.24, 2.45) is 0 Å². The van der Waals surface area contributed by atoms with Crippen LogP contribution in [-0.2, 0) is 0 Å². The minimum absolute atomic E-state index is 1.31. The van der Waals surface area contributed by atoms with Crippen LogP contribution in [0.5, 0.6) is 0 Å². The van der Waals surface area contributed by atoms with Gasteiger partial charge in [-0.05, 0) is 0 Å². The Hall–Kier alpha value is -1.50. The summed E-state index contributed by atoms with van der Waals surface area (Å²) in [6, 6.07) is 66.4. The Bertz CT molecular complexity index is 1630. The molecule has 7 heteroatoms. The van der Waals surface area contributed by atoms with E-state index in [1.165, 1.54) is 23.7 Å². The molecular formula is C36H30As2PbS4. The van der Waals surface area contributed by atoms with Gasteiger partial charge in [0.2, 0.25) is 0 Å². The molecule has 43 heavy (non-hydrogen) atoms. The summed E-state index contributed by atoms with van der Waals surface area (Å²) < 4.78 is 8.13. The van der Waals surface area contributed by atoms with Crippen molar-refractivity contribution in [2.45, 2.75) is 0 Å². The molecule has 212 valence electrons. The van der Waals surface area contributed by atoms with Crippen LogP contribution in [0.4, 0.5) is 0 Å². The maximum absolute atomic E-state index is 7.07. The molecule has 0 unspecified atom stereocenters. The van der Waals surface area contributed by atoms with Gasteiger partial charge >= 0.3 is 279 Å². The fourth-order valence-corrected chi connectivity index (χ4v) is 243. The van der Waals surface area contributed by atoms with E-state index < -0.39 is 39.6 Å². The molecule has 0 fully saturated rings. The molecule has 0 aliphatic heterocycles. The van der Waals surface area contributed by atoms with Crippen molar-refractivity contribution in [3.05, 3.63) is 182 Å². The zero-order valence-corrected chi connectivity index (χ0v) is 34.3. The second kappa shape index (κ2) is 14.3. The molecule has 0 saturated carbocycles. The Balaban J connectivity index is 1.67. The number of hydrogen-bond acceptors (Lipinski definition) is 4. The van der Waals surface area contributed by atoms with E-state index >= 15 is 0 Å². The molecule has 0 saturated heterocycles. The van der Waals surface area contributed by atoms with Gasteiger partial charge in [-0.3, -0.25) is 0 Å². The fraction of sp³-hybridized carbons (Fsp3) is 0. The van der Waals surface area contributed by atoms with Crippen molar-refractivity contribution in [2.75, 3.05) is 0 Å². The normalized spacial score (nSPS) is 12.1. The summed E-state index contributed by atoms with van der Waals surface area (Å²) >= 11 is -4.10. The molecule has 6 aromatic carbocycles. The Kier molecular flexibility index (Phi) is 10.5. The molecule has 0 spiro atoms. The number of benzene rings is 6. The van der Waals surface area contributed by atoms with Gasteiger partial charge in [0.05, 0.1) is 0 Å². The predicted molar refractivity (Wildman–Crippen MR) is 204 cm³/mol. The quantitative estimate of drug-likeness (QED) is 0.142.